The van der Waals surface area contributed by atoms with Crippen molar-refractivity contribution in [3.8, 4) is 5.69 Å². The lowest BCUT2D eigenvalue weighted by Gasteiger charge is -2.29. The number of pyridine rings is 2. The maximum absolute atomic E-state index is 14.1. The number of fused-ring (bicyclic) bond motifs is 2. The number of amides is 1. The summed E-state index contributed by atoms with van der Waals surface area (Å²) in [5, 5.41) is 13.9. The topological polar surface area (TPSA) is 116 Å². The zero-order chi connectivity index (χ0) is 34.9. The van der Waals surface area contributed by atoms with E-state index < -0.39 is 26.1 Å². The maximum atomic E-state index is 14.1. The van der Waals surface area contributed by atoms with Gasteiger partial charge in [-0.25, -0.2) is 18.6 Å². The van der Waals surface area contributed by atoms with Crippen molar-refractivity contribution < 1.29 is 23.4 Å². The van der Waals surface area contributed by atoms with Crippen LogP contribution in [-0.2, 0) is 24.6 Å². The van der Waals surface area contributed by atoms with E-state index in [1.807, 2.05) is 41.0 Å². The van der Waals surface area contributed by atoms with Gasteiger partial charge in [-0.3, -0.25) is 18.9 Å². The van der Waals surface area contributed by atoms with Crippen LogP contribution < -0.4 is 11.0 Å². The summed E-state index contributed by atoms with van der Waals surface area (Å²) in [5.74, 6) is -0.438. The molecule has 0 radical (unpaired) electrons. The Morgan fingerprint density at radius 2 is 1.80 bits per heavy atom. The number of aromatic nitrogens is 5. The molecule has 14 heteroatoms. The standard InChI is InChI=1S/C35H41ClF2N6O4Si/c1-49(2,3)13-12-48-21-43-27(20-45)15-23-14-26(18-40-33(23)43)44-30-7-5-4-6-29(30)42(35(44)47)19-22-8-10-25(11-9-22)41-34(46)28-16-24(36)17-39-31(28)32(37)38/h4-7,14-18,22,25,32,45H,8-13,19-21H2,1-3H3,(H,41,46)/t22-,25-. The van der Waals surface area contributed by atoms with Gasteiger partial charge in [-0.2, -0.15) is 0 Å². The normalized spacial score (nSPS) is 17.0. The first kappa shape index (κ1) is 34.9. The fraction of sp³-hybridized carbons (Fsp3) is 0.429. The van der Waals surface area contributed by atoms with Crippen molar-refractivity contribution in [1.29, 1.82) is 0 Å². The minimum absolute atomic E-state index is 0.115. The molecule has 0 bridgehead atoms. The number of rotatable bonds is 12. The number of aliphatic hydroxyl groups excluding tert-OH is 1. The average Bonchev–Trinajstić information content (AvgIpc) is 3.56. The second-order valence-electron chi connectivity index (χ2n) is 14.0. The van der Waals surface area contributed by atoms with Crippen LogP contribution in [0.1, 0.15) is 53.9 Å². The number of para-hydroxylation sites is 2. The number of alkyl halides is 2. The van der Waals surface area contributed by atoms with Crippen LogP contribution in [0.3, 0.4) is 0 Å². The van der Waals surface area contributed by atoms with Gasteiger partial charge in [0.15, 0.2) is 0 Å². The number of imidazole rings is 1. The molecule has 10 nitrogen and oxygen atoms in total. The van der Waals surface area contributed by atoms with Gasteiger partial charge in [0.2, 0.25) is 0 Å². The van der Waals surface area contributed by atoms with E-state index in [1.54, 1.807) is 15.3 Å². The first-order valence-corrected chi connectivity index (χ1v) is 20.6. The van der Waals surface area contributed by atoms with Crippen molar-refractivity contribution in [1.82, 2.24) is 29.0 Å². The number of benzene rings is 1. The highest BCUT2D eigenvalue weighted by molar-refractivity contribution is 6.76. The highest BCUT2D eigenvalue weighted by Crippen LogP contribution is 2.29. The second-order valence-corrected chi connectivity index (χ2v) is 20.0. The fourth-order valence-corrected chi connectivity index (χ4v) is 7.48. The van der Waals surface area contributed by atoms with Crippen molar-refractivity contribution in [3.05, 3.63) is 87.3 Å². The number of hydrogen-bond acceptors (Lipinski definition) is 6. The summed E-state index contributed by atoms with van der Waals surface area (Å²) in [6.45, 7) is 8.16. The highest BCUT2D eigenvalue weighted by Gasteiger charge is 2.27. The minimum atomic E-state index is -2.89. The number of nitrogens with one attached hydrogen (secondary N) is 1. The lowest BCUT2D eigenvalue weighted by atomic mass is 9.85. The van der Waals surface area contributed by atoms with Crippen LogP contribution in [-0.4, -0.2) is 55.4 Å². The molecular formula is C35H41ClF2N6O4Si. The monoisotopic (exact) mass is 710 g/mol. The van der Waals surface area contributed by atoms with Crippen molar-refractivity contribution in [3.63, 3.8) is 0 Å². The van der Waals surface area contributed by atoms with Gasteiger partial charge in [0.1, 0.15) is 18.1 Å². The number of hydrogen-bond donors (Lipinski definition) is 2. The molecule has 1 amide bonds. The molecule has 4 aromatic heterocycles. The molecule has 0 aliphatic heterocycles. The van der Waals surface area contributed by atoms with Crippen molar-refractivity contribution >= 4 is 47.6 Å². The molecule has 260 valence electrons. The summed E-state index contributed by atoms with van der Waals surface area (Å²) in [7, 11) is -1.24. The van der Waals surface area contributed by atoms with E-state index in [-0.39, 0.29) is 41.6 Å². The Kier molecular flexibility index (Phi) is 10.3. The Morgan fingerprint density at radius 1 is 1.06 bits per heavy atom. The lowest BCUT2D eigenvalue weighted by molar-refractivity contribution is 0.0850. The third-order valence-electron chi connectivity index (χ3n) is 9.24. The number of ether oxygens (including phenoxy) is 1. The number of nitrogens with zero attached hydrogens (tertiary/aromatic N) is 5. The average molecular weight is 711 g/mol. The largest absolute Gasteiger partial charge is 0.390 e. The van der Waals surface area contributed by atoms with Crippen LogP contribution >= 0.6 is 11.6 Å². The van der Waals surface area contributed by atoms with Gasteiger partial charge < -0.3 is 19.7 Å². The molecule has 0 atom stereocenters. The molecule has 0 saturated heterocycles. The fourth-order valence-electron chi connectivity index (χ4n) is 6.57. The van der Waals surface area contributed by atoms with Crippen molar-refractivity contribution in [2.45, 2.75) is 83.7 Å². The van der Waals surface area contributed by atoms with Gasteiger partial charge in [-0.1, -0.05) is 43.4 Å². The SMILES string of the molecule is C[Si](C)(C)CCOCn1c(CO)cc2cc(-n3c(=O)n(C[C@H]4CC[C@H](NC(=O)c5cc(Cl)cnc5C(F)F)CC4)c4ccccc43)cnc21. The zero-order valence-electron chi connectivity index (χ0n) is 27.8. The van der Waals surface area contributed by atoms with Crippen LogP contribution in [0.4, 0.5) is 8.78 Å². The molecule has 5 aromatic rings. The number of halogens is 3. The summed E-state index contributed by atoms with van der Waals surface area (Å²) >= 11 is 5.94. The van der Waals surface area contributed by atoms with Gasteiger partial charge in [-0.15, -0.1) is 0 Å². The molecule has 0 spiro atoms. The van der Waals surface area contributed by atoms with Crippen LogP contribution in [0.25, 0.3) is 27.8 Å². The first-order valence-electron chi connectivity index (χ1n) is 16.6. The van der Waals surface area contributed by atoms with Crippen molar-refractivity contribution in [2.24, 2.45) is 5.92 Å². The number of carbonyl (C=O) groups is 1. The molecule has 2 N–H and O–H groups in total. The van der Waals surface area contributed by atoms with Crippen LogP contribution in [0, 0.1) is 5.92 Å². The lowest BCUT2D eigenvalue weighted by Crippen LogP contribution is -2.39. The molecule has 1 aromatic carbocycles. The molecule has 6 rings (SSSR count). The van der Waals surface area contributed by atoms with E-state index in [4.69, 9.17) is 21.3 Å². The van der Waals surface area contributed by atoms with E-state index >= 15 is 0 Å². The maximum Gasteiger partial charge on any atom is 0.333 e. The molecule has 1 aliphatic carbocycles. The number of carbonyl (C=O) groups excluding carboxylic acids is 1. The Morgan fingerprint density at radius 3 is 2.49 bits per heavy atom. The Labute approximate surface area is 288 Å². The smallest absolute Gasteiger partial charge is 0.333 e. The summed E-state index contributed by atoms with van der Waals surface area (Å²) < 4.78 is 38.2. The summed E-state index contributed by atoms with van der Waals surface area (Å²) in [6.07, 6.45) is 2.69. The molecule has 1 saturated carbocycles. The molecule has 49 heavy (non-hydrogen) atoms. The number of aliphatic hydroxyl groups is 1. The molecule has 0 unspecified atom stereocenters. The predicted molar refractivity (Wildman–Crippen MR) is 188 cm³/mol. The van der Waals surface area contributed by atoms with Gasteiger partial charge >= 0.3 is 5.69 Å². The molecule has 1 aliphatic rings. The third kappa shape index (κ3) is 7.64. The van der Waals surface area contributed by atoms with Crippen molar-refractivity contribution in [2.75, 3.05) is 6.61 Å². The predicted octanol–water partition coefficient (Wildman–Crippen LogP) is 6.92. The van der Waals surface area contributed by atoms with Gasteiger partial charge in [0, 0.05) is 44.5 Å². The first-order chi connectivity index (χ1) is 23.4. The molecule has 4 heterocycles. The van der Waals surface area contributed by atoms with E-state index in [2.05, 4.69) is 29.9 Å². The van der Waals surface area contributed by atoms with E-state index in [0.717, 1.165) is 41.5 Å². The minimum Gasteiger partial charge on any atom is -0.390 e. The Balaban J connectivity index is 1.18. The van der Waals surface area contributed by atoms with Gasteiger partial charge in [0.25, 0.3) is 12.3 Å². The summed E-state index contributed by atoms with van der Waals surface area (Å²) in [6, 6.07) is 13.5. The second kappa shape index (κ2) is 14.5. The molecular weight excluding hydrogens is 670 g/mol. The van der Waals surface area contributed by atoms with Gasteiger partial charge in [-0.05, 0) is 68.0 Å². The quantitative estimate of drug-likeness (QED) is 0.107. The Bertz CT molecular complexity index is 2030. The van der Waals surface area contributed by atoms with Crippen LogP contribution in [0.2, 0.25) is 30.7 Å². The summed E-state index contributed by atoms with van der Waals surface area (Å²) in [4.78, 5) is 35.3. The van der Waals surface area contributed by atoms with Crippen LogP contribution in [0.5, 0.6) is 0 Å². The van der Waals surface area contributed by atoms with E-state index in [0.29, 0.717) is 43.0 Å². The Hall–Kier alpha value is -3.91. The molecule has 1 fully saturated rings. The highest BCUT2D eigenvalue weighted by atomic mass is 35.5. The van der Waals surface area contributed by atoms with E-state index in [9.17, 15) is 23.5 Å². The third-order valence-corrected chi connectivity index (χ3v) is 11.1. The zero-order valence-corrected chi connectivity index (χ0v) is 29.6. The summed E-state index contributed by atoms with van der Waals surface area (Å²) in [5.41, 5.74) is 2.57. The van der Waals surface area contributed by atoms with Crippen LogP contribution in [0.15, 0.2) is 59.7 Å². The van der Waals surface area contributed by atoms with Gasteiger partial charge in [0.05, 0.1) is 40.1 Å². The van der Waals surface area contributed by atoms with E-state index in [1.165, 1.54) is 6.07 Å².